The fourth-order valence-electron chi connectivity index (χ4n) is 4.08. The smallest absolute Gasteiger partial charge is 0.252 e. The van der Waals surface area contributed by atoms with E-state index in [4.69, 9.17) is 0 Å². The molecule has 1 unspecified atom stereocenters. The number of nitrogens with one attached hydrogen (secondary N) is 2. The minimum atomic E-state index is 0.00985. The average molecular weight is 355 g/mol. The molecule has 1 fully saturated rings. The predicted octanol–water partition coefficient (Wildman–Crippen LogP) is 3.03. The van der Waals surface area contributed by atoms with Crippen LogP contribution in [-0.4, -0.2) is 34.9 Å². The van der Waals surface area contributed by atoms with Crippen LogP contribution < -0.4 is 10.9 Å². The van der Waals surface area contributed by atoms with E-state index in [0.29, 0.717) is 19.1 Å². The number of aryl methyl sites for hydroxylation is 2. The molecule has 1 aromatic carbocycles. The minimum Gasteiger partial charge on any atom is -0.356 e. The van der Waals surface area contributed by atoms with E-state index in [1.165, 1.54) is 18.4 Å². The molecule has 3 rings (SSSR count). The van der Waals surface area contributed by atoms with Gasteiger partial charge in [0.05, 0.1) is 5.52 Å². The SMILES string of the molecule is CC(=O)NCCC1CCCCN1Cc1cc2cc(C)cc(C)c2[nH]c1=O. The lowest BCUT2D eigenvalue weighted by Gasteiger charge is -2.35. The summed E-state index contributed by atoms with van der Waals surface area (Å²) >= 11 is 0. The lowest BCUT2D eigenvalue weighted by molar-refractivity contribution is -0.119. The Hall–Kier alpha value is -2.14. The molecule has 1 aliphatic heterocycles. The van der Waals surface area contributed by atoms with E-state index < -0.39 is 0 Å². The van der Waals surface area contributed by atoms with Gasteiger partial charge in [0.25, 0.3) is 5.56 Å². The molecule has 2 N–H and O–H groups in total. The highest BCUT2D eigenvalue weighted by Gasteiger charge is 2.23. The van der Waals surface area contributed by atoms with Gasteiger partial charge in [0.2, 0.25) is 5.91 Å². The number of rotatable bonds is 5. The number of likely N-dealkylation sites (tertiary alicyclic amines) is 1. The predicted molar refractivity (Wildman–Crippen MR) is 105 cm³/mol. The number of nitrogens with zero attached hydrogens (tertiary/aromatic N) is 1. The summed E-state index contributed by atoms with van der Waals surface area (Å²) in [4.78, 5) is 29.2. The van der Waals surface area contributed by atoms with Crippen LogP contribution in [-0.2, 0) is 11.3 Å². The number of aromatic nitrogens is 1. The van der Waals surface area contributed by atoms with E-state index >= 15 is 0 Å². The number of piperidine rings is 1. The van der Waals surface area contributed by atoms with Gasteiger partial charge in [-0.2, -0.15) is 0 Å². The van der Waals surface area contributed by atoms with Crippen LogP contribution in [0.2, 0.25) is 0 Å². The molecule has 2 aromatic rings. The molecular weight excluding hydrogens is 326 g/mol. The molecule has 1 saturated heterocycles. The maximum absolute atomic E-state index is 12.6. The zero-order valence-corrected chi connectivity index (χ0v) is 16.0. The first-order valence-corrected chi connectivity index (χ1v) is 9.55. The molecule has 0 radical (unpaired) electrons. The zero-order chi connectivity index (χ0) is 18.7. The van der Waals surface area contributed by atoms with Crippen molar-refractivity contribution in [3.63, 3.8) is 0 Å². The Bertz CT molecular complexity index is 856. The molecule has 0 bridgehead atoms. The van der Waals surface area contributed by atoms with Crippen LogP contribution in [0.1, 0.15) is 49.3 Å². The van der Waals surface area contributed by atoms with Gasteiger partial charge in [0.15, 0.2) is 0 Å². The van der Waals surface area contributed by atoms with Crippen molar-refractivity contribution >= 4 is 16.8 Å². The molecule has 1 atom stereocenters. The van der Waals surface area contributed by atoms with Crippen molar-refractivity contribution in [2.75, 3.05) is 13.1 Å². The molecule has 0 aliphatic carbocycles. The second kappa shape index (κ2) is 8.04. The van der Waals surface area contributed by atoms with Crippen LogP contribution in [0.25, 0.3) is 10.9 Å². The van der Waals surface area contributed by atoms with Crippen LogP contribution in [0.5, 0.6) is 0 Å². The van der Waals surface area contributed by atoms with Gasteiger partial charge in [-0.3, -0.25) is 14.5 Å². The maximum Gasteiger partial charge on any atom is 0.252 e. The largest absolute Gasteiger partial charge is 0.356 e. The van der Waals surface area contributed by atoms with Crippen LogP contribution in [0.4, 0.5) is 0 Å². The molecule has 0 saturated carbocycles. The number of H-pyrrole nitrogens is 1. The zero-order valence-electron chi connectivity index (χ0n) is 16.0. The van der Waals surface area contributed by atoms with Crippen molar-refractivity contribution in [2.24, 2.45) is 0 Å². The van der Waals surface area contributed by atoms with Crippen LogP contribution in [0, 0.1) is 13.8 Å². The Morgan fingerprint density at radius 1 is 1.27 bits per heavy atom. The molecular formula is C21H29N3O2. The highest BCUT2D eigenvalue weighted by molar-refractivity contribution is 5.82. The van der Waals surface area contributed by atoms with Crippen molar-refractivity contribution < 1.29 is 4.79 Å². The number of hydrogen-bond donors (Lipinski definition) is 2. The van der Waals surface area contributed by atoms with Gasteiger partial charge in [0, 0.05) is 31.6 Å². The minimum absolute atomic E-state index is 0.00985. The fraction of sp³-hybridized carbons (Fsp3) is 0.524. The summed E-state index contributed by atoms with van der Waals surface area (Å²) in [5.41, 5.74) is 4.09. The van der Waals surface area contributed by atoms with Gasteiger partial charge in [0.1, 0.15) is 0 Å². The standard InChI is InChI=1S/C21H29N3O2/c1-14-10-15(2)20-17(11-14)12-18(21(26)23-20)13-24-9-5-4-6-19(24)7-8-22-16(3)25/h10-12,19H,4-9,13H2,1-3H3,(H,22,25)(H,23,26). The molecule has 2 heterocycles. The van der Waals surface area contributed by atoms with E-state index in [1.807, 2.05) is 13.0 Å². The van der Waals surface area contributed by atoms with Crippen LogP contribution in [0.3, 0.4) is 0 Å². The number of carbonyl (C=O) groups excluding carboxylic acids is 1. The van der Waals surface area contributed by atoms with E-state index in [-0.39, 0.29) is 11.5 Å². The summed E-state index contributed by atoms with van der Waals surface area (Å²) in [6.07, 6.45) is 4.45. The summed E-state index contributed by atoms with van der Waals surface area (Å²) in [5.74, 6) is 0.0177. The van der Waals surface area contributed by atoms with Crippen molar-refractivity contribution in [1.82, 2.24) is 15.2 Å². The van der Waals surface area contributed by atoms with Crippen molar-refractivity contribution in [1.29, 1.82) is 0 Å². The third-order valence-electron chi connectivity index (χ3n) is 5.34. The topological polar surface area (TPSA) is 65.2 Å². The van der Waals surface area contributed by atoms with Gasteiger partial charge in [-0.05, 0) is 62.7 Å². The monoisotopic (exact) mass is 355 g/mol. The van der Waals surface area contributed by atoms with Crippen LogP contribution in [0.15, 0.2) is 23.0 Å². The summed E-state index contributed by atoms with van der Waals surface area (Å²) in [6.45, 7) is 8.05. The molecule has 140 valence electrons. The molecule has 5 heteroatoms. The first-order chi connectivity index (χ1) is 12.4. The quantitative estimate of drug-likeness (QED) is 0.866. The van der Waals surface area contributed by atoms with Gasteiger partial charge in [-0.25, -0.2) is 0 Å². The average Bonchev–Trinajstić information content (AvgIpc) is 2.57. The number of pyridine rings is 1. The lowest BCUT2D eigenvalue weighted by atomic mass is 9.98. The second-order valence-corrected chi connectivity index (χ2v) is 7.56. The number of aromatic amines is 1. The molecule has 26 heavy (non-hydrogen) atoms. The first kappa shape index (κ1) is 18.6. The summed E-state index contributed by atoms with van der Waals surface area (Å²) < 4.78 is 0. The molecule has 0 spiro atoms. The summed E-state index contributed by atoms with van der Waals surface area (Å²) in [7, 11) is 0. The van der Waals surface area contributed by atoms with Gasteiger partial charge in [-0.15, -0.1) is 0 Å². The van der Waals surface area contributed by atoms with Gasteiger partial charge < -0.3 is 10.3 Å². The Balaban J connectivity index is 1.80. The van der Waals surface area contributed by atoms with Crippen molar-refractivity contribution in [3.05, 3.63) is 45.2 Å². The maximum atomic E-state index is 12.6. The van der Waals surface area contributed by atoms with E-state index in [9.17, 15) is 9.59 Å². The highest BCUT2D eigenvalue weighted by Crippen LogP contribution is 2.23. The number of fused-ring (bicyclic) bond motifs is 1. The second-order valence-electron chi connectivity index (χ2n) is 7.56. The Morgan fingerprint density at radius 2 is 2.08 bits per heavy atom. The summed E-state index contributed by atoms with van der Waals surface area (Å²) in [5, 5.41) is 3.99. The fourth-order valence-corrected chi connectivity index (χ4v) is 4.08. The Morgan fingerprint density at radius 3 is 2.85 bits per heavy atom. The molecule has 1 aliphatic rings. The molecule has 1 aromatic heterocycles. The highest BCUT2D eigenvalue weighted by atomic mass is 16.1. The van der Waals surface area contributed by atoms with E-state index in [0.717, 1.165) is 41.4 Å². The van der Waals surface area contributed by atoms with Crippen molar-refractivity contribution in [3.8, 4) is 0 Å². The van der Waals surface area contributed by atoms with Gasteiger partial charge >= 0.3 is 0 Å². The van der Waals surface area contributed by atoms with E-state index in [1.54, 1.807) is 6.92 Å². The molecule has 5 nitrogen and oxygen atoms in total. The number of benzene rings is 1. The van der Waals surface area contributed by atoms with Crippen LogP contribution >= 0.6 is 0 Å². The number of carbonyl (C=O) groups is 1. The van der Waals surface area contributed by atoms with E-state index in [2.05, 4.69) is 34.3 Å². The van der Waals surface area contributed by atoms with Gasteiger partial charge in [-0.1, -0.05) is 18.1 Å². The molecule has 1 amide bonds. The first-order valence-electron chi connectivity index (χ1n) is 9.55. The van der Waals surface area contributed by atoms with Crippen molar-refractivity contribution in [2.45, 2.75) is 59.0 Å². The normalized spacial score (nSPS) is 18.2. The third kappa shape index (κ3) is 4.33. The summed E-state index contributed by atoms with van der Waals surface area (Å²) in [6, 6.07) is 6.70. The number of hydrogen-bond acceptors (Lipinski definition) is 3. The lowest BCUT2D eigenvalue weighted by Crippen LogP contribution is -2.42. The number of amides is 1. The third-order valence-corrected chi connectivity index (χ3v) is 5.34. The Kier molecular flexibility index (Phi) is 5.77. The Labute approximate surface area is 154 Å².